The summed E-state index contributed by atoms with van der Waals surface area (Å²) in [5.41, 5.74) is 8.23. The zero-order valence-electron chi connectivity index (χ0n) is 14.7. The van der Waals surface area contributed by atoms with Crippen molar-refractivity contribution < 1.29 is 4.79 Å². The number of carbonyl (C=O) groups is 1. The molecular weight excluding hydrogens is 300 g/mol. The number of para-hydroxylation sites is 2. The number of fused-ring (bicyclic) bond motifs is 1. The van der Waals surface area contributed by atoms with Crippen molar-refractivity contribution in [3.63, 3.8) is 0 Å². The maximum Gasteiger partial charge on any atom is 0.220 e. The molecule has 5 heteroatoms. The lowest BCUT2D eigenvalue weighted by Crippen LogP contribution is -2.32. The third-order valence-electron chi connectivity index (χ3n) is 5.02. The summed E-state index contributed by atoms with van der Waals surface area (Å²) in [6.45, 7) is 4.95. The minimum absolute atomic E-state index is 0.115. The van der Waals surface area contributed by atoms with Crippen LogP contribution in [0.25, 0.3) is 11.0 Å². The molecule has 1 fully saturated rings. The van der Waals surface area contributed by atoms with Crippen LogP contribution in [0.1, 0.15) is 51.4 Å². The molecule has 0 unspecified atom stereocenters. The molecule has 3 N–H and O–H groups in total. The molecule has 0 bridgehead atoms. The van der Waals surface area contributed by atoms with E-state index in [0.717, 1.165) is 42.5 Å². The number of carbonyl (C=O) groups excluding carboxylic acids is 1. The van der Waals surface area contributed by atoms with Gasteiger partial charge in [0.15, 0.2) is 0 Å². The second kappa shape index (κ2) is 7.34. The van der Waals surface area contributed by atoms with Gasteiger partial charge in [-0.3, -0.25) is 4.79 Å². The lowest BCUT2D eigenvalue weighted by Gasteiger charge is -2.15. The molecule has 1 amide bonds. The largest absolute Gasteiger partial charge is 0.356 e. The summed E-state index contributed by atoms with van der Waals surface area (Å²) in [6, 6.07) is 8.74. The van der Waals surface area contributed by atoms with E-state index >= 15 is 0 Å². The average Bonchev–Trinajstić information content (AvgIpc) is 3.10. The predicted octanol–water partition coefficient (Wildman–Crippen LogP) is 2.79. The first kappa shape index (κ1) is 17.0. The molecular formula is C19H28N4O. The first-order chi connectivity index (χ1) is 11.6. The standard InChI is InChI=1S/C19H28N4O/c1-13(2)23-17-9-4-3-8-16(17)22-18(23)10-11-21-19(24)12-14-6-5-7-15(14)20/h3-4,8-9,13-15H,5-7,10-12,20H2,1-2H3,(H,21,24)/t14-,15+/m0/s1. The number of nitrogens with zero attached hydrogens (tertiary/aromatic N) is 2. The Morgan fingerprint density at radius 1 is 1.38 bits per heavy atom. The molecule has 1 aromatic heterocycles. The van der Waals surface area contributed by atoms with Gasteiger partial charge in [0.25, 0.3) is 0 Å². The van der Waals surface area contributed by atoms with Gasteiger partial charge < -0.3 is 15.6 Å². The maximum atomic E-state index is 12.1. The highest BCUT2D eigenvalue weighted by Gasteiger charge is 2.25. The van der Waals surface area contributed by atoms with Gasteiger partial charge in [0, 0.05) is 31.5 Å². The molecule has 0 saturated heterocycles. The molecule has 1 saturated carbocycles. The van der Waals surface area contributed by atoms with Gasteiger partial charge in [0.1, 0.15) is 5.82 Å². The third kappa shape index (κ3) is 3.61. The lowest BCUT2D eigenvalue weighted by atomic mass is 10.00. The number of amides is 1. The molecule has 2 atom stereocenters. The Labute approximate surface area is 143 Å². The highest BCUT2D eigenvalue weighted by atomic mass is 16.1. The van der Waals surface area contributed by atoms with E-state index in [4.69, 9.17) is 10.7 Å². The van der Waals surface area contributed by atoms with E-state index in [9.17, 15) is 4.79 Å². The number of hydrogen-bond donors (Lipinski definition) is 2. The van der Waals surface area contributed by atoms with Gasteiger partial charge in [-0.05, 0) is 44.7 Å². The monoisotopic (exact) mass is 328 g/mol. The van der Waals surface area contributed by atoms with Crippen molar-refractivity contribution in [2.45, 2.75) is 58.0 Å². The topological polar surface area (TPSA) is 72.9 Å². The number of hydrogen-bond acceptors (Lipinski definition) is 3. The van der Waals surface area contributed by atoms with Crippen molar-refractivity contribution in [1.29, 1.82) is 0 Å². The van der Waals surface area contributed by atoms with Crippen LogP contribution in [-0.4, -0.2) is 28.0 Å². The van der Waals surface area contributed by atoms with E-state index < -0.39 is 0 Å². The van der Waals surface area contributed by atoms with Gasteiger partial charge >= 0.3 is 0 Å². The van der Waals surface area contributed by atoms with Crippen LogP contribution in [0.2, 0.25) is 0 Å². The maximum absolute atomic E-state index is 12.1. The van der Waals surface area contributed by atoms with Crippen LogP contribution in [0.15, 0.2) is 24.3 Å². The second-order valence-corrected chi connectivity index (χ2v) is 7.14. The molecule has 5 nitrogen and oxygen atoms in total. The first-order valence-electron chi connectivity index (χ1n) is 9.04. The van der Waals surface area contributed by atoms with Gasteiger partial charge in [-0.25, -0.2) is 4.98 Å². The van der Waals surface area contributed by atoms with Gasteiger partial charge in [-0.2, -0.15) is 0 Å². The van der Waals surface area contributed by atoms with Crippen molar-refractivity contribution in [2.75, 3.05) is 6.54 Å². The summed E-state index contributed by atoms with van der Waals surface area (Å²) in [5.74, 6) is 1.50. The van der Waals surface area contributed by atoms with Crippen LogP contribution in [0.5, 0.6) is 0 Å². The summed E-state index contributed by atoms with van der Waals surface area (Å²) in [4.78, 5) is 16.9. The van der Waals surface area contributed by atoms with Gasteiger partial charge in [0.2, 0.25) is 5.91 Å². The third-order valence-corrected chi connectivity index (χ3v) is 5.02. The van der Waals surface area contributed by atoms with Crippen molar-refractivity contribution in [2.24, 2.45) is 11.7 Å². The molecule has 3 rings (SSSR count). The van der Waals surface area contributed by atoms with Crippen LogP contribution >= 0.6 is 0 Å². The van der Waals surface area contributed by atoms with Gasteiger partial charge in [-0.1, -0.05) is 18.6 Å². The van der Waals surface area contributed by atoms with E-state index in [1.807, 2.05) is 18.2 Å². The van der Waals surface area contributed by atoms with Crippen LogP contribution in [0.3, 0.4) is 0 Å². The van der Waals surface area contributed by atoms with Gasteiger partial charge in [0.05, 0.1) is 11.0 Å². The minimum Gasteiger partial charge on any atom is -0.356 e. The van der Waals surface area contributed by atoms with Crippen LogP contribution in [-0.2, 0) is 11.2 Å². The Morgan fingerprint density at radius 3 is 2.88 bits per heavy atom. The Bertz CT molecular complexity index is 706. The fourth-order valence-corrected chi connectivity index (χ4v) is 3.79. The fourth-order valence-electron chi connectivity index (χ4n) is 3.79. The van der Waals surface area contributed by atoms with E-state index in [1.54, 1.807) is 0 Å². The number of benzene rings is 1. The average molecular weight is 328 g/mol. The van der Waals surface area contributed by atoms with E-state index in [0.29, 0.717) is 24.9 Å². The van der Waals surface area contributed by atoms with Crippen molar-refractivity contribution in [3.05, 3.63) is 30.1 Å². The van der Waals surface area contributed by atoms with Crippen molar-refractivity contribution in [3.8, 4) is 0 Å². The van der Waals surface area contributed by atoms with E-state index in [-0.39, 0.29) is 11.9 Å². The zero-order valence-corrected chi connectivity index (χ0v) is 14.7. The lowest BCUT2D eigenvalue weighted by molar-refractivity contribution is -0.122. The molecule has 1 aliphatic rings. The molecule has 1 heterocycles. The molecule has 0 aliphatic heterocycles. The summed E-state index contributed by atoms with van der Waals surface area (Å²) in [5, 5.41) is 3.04. The summed E-state index contributed by atoms with van der Waals surface area (Å²) in [6.07, 6.45) is 4.59. The second-order valence-electron chi connectivity index (χ2n) is 7.14. The van der Waals surface area contributed by atoms with E-state index in [1.165, 1.54) is 0 Å². The molecule has 130 valence electrons. The van der Waals surface area contributed by atoms with Crippen molar-refractivity contribution >= 4 is 16.9 Å². The summed E-state index contributed by atoms with van der Waals surface area (Å²) >= 11 is 0. The quantitative estimate of drug-likeness (QED) is 0.856. The molecule has 1 aliphatic carbocycles. The normalized spacial score (nSPS) is 20.8. The van der Waals surface area contributed by atoms with Crippen LogP contribution < -0.4 is 11.1 Å². The first-order valence-corrected chi connectivity index (χ1v) is 9.04. The Hall–Kier alpha value is -1.88. The minimum atomic E-state index is 0.115. The number of imidazole rings is 1. The number of nitrogens with two attached hydrogens (primary N) is 1. The molecule has 0 radical (unpaired) electrons. The van der Waals surface area contributed by atoms with Crippen molar-refractivity contribution in [1.82, 2.24) is 14.9 Å². The smallest absolute Gasteiger partial charge is 0.220 e. The number of rotatable bonds is 6. The molecule has 2 aromatic rings. The highest BCUT2D eigenvalue weighted by molar-refractivity contribution is 5.77. The predicted molar refractivity (Wildman–Crippen MR) is 96.8 cm³/mol. The van der Waals surface area contributed by atoms with E-state index in [2.05, 4.69) is 29.8 Å². The van der Waals surface area contributed by atoms with Gasteiger partial charge in [-0.15, -0.1) is 0 Å². The fraction of sp³-hybridized carbons (Fsp3) is 0.579. The molecule has 0 spiro atoms. The SMILES string of the molecule is CC(C)n1c(CCNC(=O)C[C@@H]2CCC[C@H]2N)nc2ccccc21. The Kier molecular flexibility index (Phi) is 5.19. The summed E-state index contributed by atoms with van der Waals surface area (Å²) < 4.78 is 2.26. The van der Waals surface area contributed by atoms with Crippen LogP contribution in [0.4, 0.5) is 0 Å². The Balaban J connectivity index is 1.59. The Morgan fingerprint density at radius 2 is 2.17 bits per heavy atom. The number of aromatic nitrogens is 2. The van der Waals surface area contributed by atoms with Crippen LogP contribution in [0, 0.1) is 5.92 Å². The highest BCUT2D eigenvalue weighted by Crippen LogP contribution is 2.26. The molecule has 1 aromatic carbocycles. The molecule has 24 heavy (non-hydrogen) atoms. The number of nitrogens with one attached hydrogen (secondary N) is 1. The summed E-state index contributed by atoms with van der Waals surface area (Å²) in [7, 11) is 0. The zero-order chi connectivity index (χ0) is 17.1.